The van der Waals surface area contributed by atoms with Gasteiger partial charge < -0.3 is 10.6 Å². The van der Waals surface area contributed by atoms with Crippen LogP contribution in [0.15, 0.2) is 0 Å². The molecule has 4 heteroatoms. The number of nitrogens with two attached hydrogens (primary N) is 1. The SMILES string of the molecule is NC(=O)[C@@H]1CCCN1C(=O)C1CCCCC1. The number of nitrogens with zero attached hydrogens (tertiary/aromatic N) is 1. The quantitative estimate of drug-likeness (QED) is 0.761. The zero-order valence-electron chi connectivity index (χ0n) is 9.65. The van der Waals surface area contributed by atoms with Crippen LogP contribution in [0.3, 0.4) is 0 Å². The minimum Gasteiger partial charge on any atom is -0.368 e. The van der Waals surface area contributed by atoms with Crippen LogP contribution in [0.5, 0.6) is 0 Å². The molecular weight excluding hydrogens is 204 g/mol. The fraction of sp³-hybridized carbons (Fsp3) is 0.833. The van der Waals surface area contributed by atoms with Crippen molar-refractivity contribution in [2.24, 2.45) is 11.7 Å². The molecule has 0 radical (unpaired) electrons. The fourth-order valence-corrected chi connectivity index (χ4v) is 2.91. The average molecular weight is 224 g/mol. The molecule has 2 N–H and O–H groups in total. The van der Waals surface area contributed by atoms with Crippen molar-refractivity contribution >= 4 is 11.8 Å². The Balaban J connectivity index is 1.99. The molecule has 0 bridgehead atoms. The number of carbonyl (C=O) groups is 2. The van der Waals surface area contributed by atoms with E-state index in [9.17, 15) is 9.59 Å². The van der Waals surface area contributed by atoms with Crippen molar-refractivity contribution in [2.45, 2.75) is 51.0 Å². The molecule has 2 fully saturated rings. The summed E-state index contributed by atoms with van der Waals surface area (Å²) in [5.41, 5.74) is 5.32. The van der Waals surface area contributed by atoms with Gasteiger partial charge in [-0.05, 0) is 25.7 Å². The first kappa shape index (κ1) is 11.4. The Morgan fingerprint density at radius 3 is 2.31 bits per heavy atom. The molecule has 1 aliphatic carbocycles. The Hall–Kier alpha value is -1.06. The maximum atomic E-state index is 12.2. The normalized spacial score (nSPS) is 27.0. The van der Waals surface area contributed by atoms with Gasteiger partial charge in [-0.25, -0.2) is 0 Å². The van der Waals surface area contributed by atoms with E-state index in [-0.39, 0.29) is 23.8 Å². The van der Waals surface area contributed by atoms with Crippen molar-refractivity contribution < 1.29 is 9.59 Å². The lowest BCUT2D eigenvalue weighted by Crippen LogP contribution is -2.46. The van der Waals surface area contributed by atoms with Gasteiger partial charge in [-0.15, -0.1) is 0 Å². The van der Waals surface area contributed by atoms with Crippen LogP contribution in [0.25, 0.3) is 0 Å². The van der Waals surface area contributed by atoms with E-state index in [1.54, 1.807) is 4.90 Å². The summed E-state index contributed by atoms with van der Waals surface area (Å²) in [4.78, 5) is 25.2. The molecule has 1 saturated carbocycles. The summed E-state index contributed by atoms with van der Waals surface area (Å²) in [6.45, 7) is 0.711. The highest BCUT2D eigenvalue weighted by atomic mass is 16.2. The predicted molar refractivity (Wildman–Crippen MR) is 60.5 cm³/mol. The predicted octanol–water partition coefficient (Wildman–Crippen LogP) is 1.04. The molecule has 0 aromatic rings. The van der Waals surface area contributed by atoms with Crippen LogP contribution >= 0.6 is 0 Å². The fourth-order valence-electron chi connectivity index (χ4n) is 2.91. The van der Waals surface area contributed by atoms with Crippen LogP contribution in [-0.2, 0) is 9.59 Å². The van der Waals surface area contributed by atoms with Crippen molar-refractivity contribution in [2.75, 3.05) is 6.54 Å². The highest BCUT2D eigenvalue weighted by Gasteiger charge is 2.36. The summed E-state index contributed by atoms with van der Waals surface area (Å²) < 4.78 is 0. The maximum Gasteiger partial charge on any atom is 0.240 e. The van der Waals surface area contributed by atoms with Crippen LogP contribution in [0.4, 0.5) is 0 Å². The summed E-state index contributed by atoms with van der Waals surface area (Å²) >= 11 is 0. The molecule has 1 atom stereocenters. The molecule has 16 heavy (non-hydrogen) atoms. The van der Waals surface area contributed by atoms with Crippen LogP contribution in [-0.4, -0.2) is 29.3 Å². The van der Waals surface area contributed by atoms with Gasteiger partial charge in [0.1, 0.15) is 6.04 Å². The minimum atomic E-state index is -0.346. The Morgan fingerprint density at radius 2 is 1.69 bits per heavy atom. The third-order valence-electron chi connectivity index (χ3n) is 3.82. The van der Waals surface area contributed by atoms with Gasteiger partial charge in [0.05, 0.1) is 0 Å². The monoisotopic (exact) mass is 224 g/mol. The molecule has 0 unspecified atom stereocenters. The van der Waals surface area contributed by atoms with Crippen LogP contribution in [0, 0.1) is 5.92 Å². The summed E-state index contributed by atoms with van der Waals surface area (Å²) in [6, 6.07) is -0.338. The topological polar surface area (TPSA) is 63.4 Å². The number of hydrogen-bond acceptors (Lipinski definition) is 2. The largest absolute Gasteiger partial charge is 0.368 e. The van der Waals surface area contributed by atoms with Crippen molar-refractivity contribution in [3.05, 3.63) is 0 Å². The first-order valence-corrected chi connectivity index (χ1v) is 6.30. The molecule has 1 aliphatic heterocycles. The Kier molecular flexibility index (Phi) is 3.46. The maximum absolute atomic E-state index is 12.2. The molecule has 0 aromatic carbocycles. The Morgan fingerprint density at radius 1 is 1.00 bits per heavy atom. The molecule has 4 nitrogen and oxygen atoms in total. The zero-order chi connectivity index (χ0) is 11.5. The summed E-state index contributed by atoms with van der Waals surface area (Å²) in [6.07, 6.45) is 7.15. The van der Waals surface area contributed by atoms with Gasteiger partial charge in [0, 0.05) is 12.5 Å². The second kappa shape index (κ2) is 4.85. The van der Waals surface area contributed by atoms with Crippen LogP contribution < -0.4 is 5.73 Å². The molecule has 1 saturated heterocycles. The van der Waals surface area contributed by atoms with Crippen LogP contribution in [0.1, 0.15) is 44.9 Å². The van der Waals surface area contributed by atoms with Gasteiger partial charge in [-0.2, -0.15) is 0 Å². The molecule has 0 aromatic heterocycles. The van der Waals surface area contributed by atoms with E-state index in [0.29, 0.717) is 6.54 Å². The molecule has 1 heterocycles. The lowest BCUT2D eigenvalue weighted by atomic mass is 9.88. The molecule has 90 valence electrons. The number of likely N-dealkylation sites (tertiary alicyclic amines) is 1. The van der Waals surface area contributed by atoms with Crippen molar-refractivity contribution in [3.63, 3.8) is 0 Å². The number of primary amides is 1. The van der Waals surface area contributed by atoms with Crippen molar-refractivity contribution in [3.8, 4) is 0 Å². The van der Waals surface area contributed by atoms with Gasteiger partial charge in [-0.3, -0.25) is 9.59 Å². The number of amides is 2. The Bertz CT molecular complexity index is 285. The van der Waals surface area contributed by atoms with Gasteiger partial charge in [-0.1, -0.05) is 19.3 Å². The van der Waals surface area contributed by atoms with Gasteiger partial charge in [0.2, 0.25) is 11.8 Å². The summed E-state index contributed by atoms with van der Waals surface area (Å²) in [7, 11) is 0. The second-order valence-electron chi connectivity index (χ2n) is 4.93. The molecular formula is C12H20N2O2. The van der Waals surface area contributed by atoms with Gasteiger partial charge >= 0.3 is 0 Å². The standard InChI is InChI=1S/C12H20N2O2/c13-11(15)10-7-4-8-14(10)12(16)9-5-2-1-3-6-9/h9-10H,1-8H2,(H2,13,15)/t10-/m0/s1. The zero-order valence-corrected chi connectivity index (χ0v) is 9.65. The lowest BCUT2D eigenvalue weighted by molar-refractivity contribution is -0.141. The van der Waals surface area contributed by atoms with E-state index in [1.165, 1.54) is 6.42 Å². The third kappa shape index (κ3) is 2.20. The first-order chi connectivity index (χ1) is 7.70. The Labute approximate surface area is 96.2 Å². The van der Waals surface area contributed by atoms with E-state index < -0.39 is 0 Å². The highest BCUT2D eigenvalue weighted by molar-refractivity contribution is 5.88. The van der Waals surface area contributed by atoms with E-state index in [2.05, 4.69) is 0 Å². The van der Waals surface area contributed by atoms with Gasteiger partial charge in [0.15, 0.2) is 0 Å². The highest BCUT2D eigenvalue weighted by Crippen LogP contribution is 2.28. The second-order valence-corrected chi connectivity index (χ2v) is 4.93. The third-order valence-corrected chi connectivity index (χ3v) is 3.82. The lowest BCUT2D eigenvalue weighted by Gasteiger charge is -2.29. The average Bonchev–Trinajstić information content (AvgIpc) is 2.78. The number of carbonyl (C=O) groups excluding carboxylic acids is 2. The van der Waals surface area contributed by atoms with Crippen molar-refractivity contribution in [1.29, 1.82) is 0 Å². The summed E-state index contributed by atoms with van der Waals surface area (Å²) in [5, 5.41) is 0. The molecule has 2 aliphatic rings. The molecule has 2 rings (SSSR count). The molecule has 2 amide bonds. The number of hydrogen-bond donors (Lipinski definition) is 1. The van der Waals surface area contributed by atoms with E-state index in [0.717, 1.165) is 38.5 Å². The summed E-state index contributed by atoms with van der Waals surface area (Å²) in [5.74, 6) is -0.0311. The smallest absolute Gasteiger partial charge is 0.240 e. The molecule has 0 spiro atoms. The first-order valence-electron chi connectivity index (χ1n) is 6.30. The minimum absolute atomic E-state index is 0.147. The van der Waals surface area contributed by atoms with E-state index in [4.69, 9.17) is 5.73 Å². The van der Waals surface area contributed by atoms with Crippen LogP contribution in [0.2, 0.25) is 0 Å². The number of rotatable bonds is 2. The van der Waals surface area contributed by atoms with Crippen molar-refractivity contribution in [1.82, 2.24) is 4.90 Å². The van der Waals surface area contributed by atoms with Gasteiger partial charge in [0.25, 0.3) is 0 Å². The van der Waals surface area contributed by atoms with E-state index >= 15 is 0 Å². The van der Waals surface area contributed by atoms with E-state index in [1.807, 2.05) is 0 Å².